The van der Waals surface area contributed by atoms with E-state index in [0.717, 1.165) is 33.5 Å². The number of aryl methyl sites for hydroxylation is 2. The van der Waals surface area contributed by atoms with Gasteiger partial charge >= 0.3 is 0 Å². The molecule has 0 aliphatic rings. The average molecular weight is 465 g/mol. The number of nitrogens with one attached hydrogen (secondary N) is 1. The molecule has 3 nitrogen and oxygen atoms in total. The molecule has 1 heterocycles. The van der Waals surface area contributed by atoms with Crippen molar-refractivity contribution >= 4 is 16.6 Å². The van der Waals surface area contributed by atoms with Crippen LogP contribution in [0.15, 0.2) is 97.1 Å². The Morgan fingerprint density at radius 1 is 0.829 bits per heavy atom. The van der Waals surface area contributed by atoms with Crippen molar-refractivity contribution in [1.82, 2.24) is 4.57 Å². The summed E-state index contributed by atoms with van der Waals surface area (Å²) in [6.45, 7) is 4.85. The largest absolute Gasteiger partial charge is 0.389 e. The molecule has 176 valence electrons. The lowest BCUT2D eigenvalue weighted by atomic mass is 9.97. The van der Waals surface area contributed by atoms with Crippen molar-refractivity contribution in [1.29, 1.82) is 0 Å². The molecule has 5 aromatic rings. The second kappa shape index (κ2) is 9.77. The van der Waals surface area contributed by atoms with Crippen LogP contribution in [0.4, 0.5) is 10.1 Å². The van der Waals surface area contributed by atoms with E-state index in [9.17, 15) is 9.50 Å². The van der Waals surface area contributed by atoms with Crippen LogP contribution in [0.25, 0.3) is 33.3 Å². The number of halogens is 1. The van der Waals surface area contributed by atoms with E-state index >= 15 is 0 Å². The molecular weight excluding hydrogens is 435 g/mol. The Morgan fingerprint density at radius 3 is 2.14 bits per heavy atom. The highest BCUT2D eigenvalue weighted by Gasteiger charge is 2.23. The van der Waals surface area contributed by atoms with E-state index in [-0.39, 0.29) is 12.4 Å². The first-order valence-corrected chi connectivity index (χ1v) is 11.9. The lowest BCUT2D eigenvalue weighted by Crippen LogP contribution is -2.25. The monoisotopic (exact) mass is 464 g/mol. The van der Waals surface area contributed by atoms with Crippen LogP contribution >= 0.6 is 0 Å². The Kier molecular flexibility index (Phi) is 6.39. The fourth-order valence-electron chi connectivity index (χ4n) is 4.97. The maximum atomic E-state index is 14.1. The Labute approximate surface area is 205 Å². The summed E-state index contributed by atoms with van der Waals surface area (Å²) in [7, 11) is 0. The van der Waals surface area contributed by atoms with Gasteiger partial charge in [-0.3, -0.25) is 0 Å². The van der Waals surface area contributed by atoms with Gasteiger partial charge in [-0.1, -0.05) is 84.4 Å². The zero-order valence-corrected chi connectivity index (χ0v) is 20.0. The lowest BCUT2D eigenvalue weighted by Gasteiger charge is -2.19. The summed E-state index contributed by atoms with van der Waals surface area (Å²) in [5.41, 5.74) is 8.33. The predicted octanol–water partition coefficient (Wildman–Crippen LogP) is 7.20. The smallest absolute Gasteiger partial charge is 0.146 e. The molecule has 5 rings (SSSR count). The molecule has 1 aromatic heterocycles. The van der Waals surface area contributed by atoms with E-state index in [1.165, 1.54) is 17.0 Å². The molecule has 2 N–H and O–H groups in total. The van der Waals surface area contributed by atoms with Crippen molar-refractivity contribution in [3.8, 4) is 22.4 Å². The molecule has 4 aromatic carbocycles. The van der Waals surface area contributed by atoms with Crippen molar-refractivity contribution in [2.24, 2.45) is 0 Å². The molecule has 4 heteroatoms. The number of para-hydroxylation sites is 1. The van der Waals surface area contributed by atoms with Gasteiger partial charge in [0.25, 0.3) is 0 Å². The maximum Gasteiger partial charge on any atom is 0.146 e. The summed E-state index contributed by atoms with van der Waals surface area (Å²) < 4.78 is 16.3. The molecule has 0 amide bonds. The third kappa shape index (κ3) is 4.58. The number of aliphatic hydroxyl groups excluding tert-OH is 1. The van der Waals surface area contributed by atoms with Gasteiger partial charge in [-0.05, 0) is 48.7 Å². The second-order valence-electron chi connectivity index (χ2n) is 9.06. The number of nitrogens with zero attached hydrogens (tertiary/aromatic N) is 1. The van der Waals surface area contributed by atoms with E-state index in [1.807, 2.05) is 24.3 Å². The number of hydrogen-bond acceptors (Lipinski definition) is 2. The zero-order valence-electron chi connectivity index (χ0n) is 20.0. The highest BCUT2D eigenvalue weighted by molar-refractivity contribution is 6.06. The van der Waals surface area contributed by atoms with Crippen LogP contribution in [0.3, 0.4) is 0 Å². The summed E-state index contributed by atoms with van der Waals surface area (Å²) >= 11 is 0. The molecule has 0 unspecified atom stereocenters. The van der Waals surface area contributed by atoms with Gasteiger partial charge < -0.3 is 15.0 Å². The van der Waals surface area contributed by atoms with Gasteiger partial charge in [0.15, 0.2) is 0 Å². The van der Waals surface area contributed by atoms with Gasteiger partial charge in [-0.2, -0.15) is 0 Å². The topological polar surface area (TPSA) is 37.2 Å². The average Bonchev–Trinajstić information content (AvgIpc) is 3.18. The number of benzene rings is 4. The number of aliphatic hydroxyl groups is 1. The molecule has 1 atom stereocenters. The predicted molar refractivity (Wildman–Crippen MR) is 143 cm³/mol. The van der Waals surface area contributed by atoms with Crippen LogP contribution in [0.2, 0.25) is 0 Å². The third-order valence-corrected chi connectivity index (χ3v) is 6.40. The second-order valence-corrected chi connectivity index (χ2v) is 9.06. The van der Waals surface area contributed by atoms with Crippen LogP contribution in [0, 0.1) is 19.7 Å². The van der Waals surface area contributed by atoms with Gasteiger partial charge in [0.05, 0.1) is 29.5 Å². The zero-order chi connectivity index (χ0) is 24.4. The molecule has 0 spiro atoms. The molecule has 0 saturated carbocycles. The van der Waals surface area contributed by atoms with Gasteiger partial charge in [0.1, 0.15) is 5.82 Å². The number of aromatic nitrogens is 1. The Hall–Kier alpha value is -3.89. The maximum absolute atomic E-state index is 14.1. The van der Waals surface area contributed by atoms with E-state index in [2.05, 4.69) is 72.3 Å². The minimum absolute atomic E-state index is 0.237. The number of hydrogen-bond donors (Lipinski definition) is 2. The van der Waals surface area contributed by atoms with Crippen LogP contribution in [-0.2, 0) is 6.54 Å². The third-order valence-electron chi connectivity index (χ3n) is 6.40. The van der Waals surface area contributed by atoms with E-state index in [0.29, 0.717) is 12.2 Å². The SMILES string of the molecule is Cc1cc(C)c2c(c1)c(-c1ccccc1)c(-c1ccccc1)n2C[C@@H](O)CNc1ccccc1F. The molecular formula is C31H29FN2O. The lowest BCUT2D eigenvalue weighted by molar-refractivity contribution is 0.168. The minimum atomic E-state index is -0.725. The van der Waals surface area contributed by atoms with Crippen LogP contribution < -0.4 is 5.32 Å². The summed E-state index contributed by atoms with van der Waals surface area (Å²) in [5.74, 6) is -0.325. The van der Waals surface area contributed by atoms with E-state index < -0.39 is 6.10 Å². The van der Waals surface area contributed by atoms with E-state index in [1.54, 1.807) is 18.2 Å². The summed E-state index contributed by atoms with van der Waals surface area (Å²) in [4.78, 5) is 0. The fraction of sp³-hybridized carbons (Fsp3) is 0.161. The first kappa shape index (κ1) is 22.9. The highest BCUT2D eigenvalue weighted by atomic mass is 19.1. The fourth-order valence-corrected chi connectivity index (χ4v) is 4.97. The quantitative estimate of drug-likeness (QED) is 0.267. The van der Waals surface area contributed by atoms with Gasteiger partial charge in [0, 0.05) is 17.5 Å². The van der Waals surface area contributed by atoms with Crippen LogP contribution in [-0.4, -0.2) is 22.3 Å². The molecule has 0 bridgehead atoms. The Balaban J connectivity index is 1.65. The summed E-state index contributed by atoms with van der Waals surface area (Å²) in [6.07, 6.45) is -0.725. The standard InChI is InChI=1S/C31H29FN2O/c1-21-17-22(2)30-26(18-21)29(23-11-5-3-6-12-23)31(24-13-7-4-8-14-24)34(30)20-25(35)19-33-28-16-10-9-15-27(28)32/h3-18,25,33,35H,19-20H2,1-2H3/t25-/m0/s1. The highest BCUT2D eigenvalue weighted by Crippen LogP contribution is 2.42. The van der Waals surface area contributed by atoms with Crippen LogP contribution in [0.1, 0.15) is 11.1 Å². The molecule has 0 aliphatic carbocycles. The van der Waals surface area contributed by atoms with Crippen molar-refractivity contribution in [2.45, 2.75) is 26.5 Å². The van der Waals surface area contributed by atoms with Crippen LogP contribution in [0.5, 0.6) is 0 Å². The Morgan fingerprint density at radius 2 is 1.46 bits per heavy atom. The van der Waals surface area contributed by atoms with Crippen molar-refractivity contribution in [3.63, 3.8) is 0 Å². The van der Waals surface area contributed by atoms with Gasteiger partial charge in [-0.15, -0.1) is 0 Å². The Bertz CT molecular complexity index is 1460. The molecule has 0 aliphatic heterocycles. The normalized spacial score (nSPS) is 12.1. The number of fused-ring (bicyclic) bond motifs is 1. The molecule has 0 fully saturated rings. The minimum Gasteiger partial charge on any atom is -0.389 e. The van der Waals surface area contributed by atoms with Crippen molar-refractivity contribution < 1.29 is 9.50 Å². The van der Waals surface area contributed by atoms with Gasteiger partial charge in [-0.25, -0.2) is 4.39 Å². The first-order valence-electron chi connectivity index (χ1n) is 11.9. The summed E-state index contributed by atoms with van der Waals surface area (Å²) in [5, 5.41) is 15.3. The van der Waals surface area contributed by atoms with Gasteiger partial charge in [0.2, 0.25) is 0 Å². The number of rotatable bonds is 7. The number of anilines is 1. The van der Waals surface area contributed by atoms with Crippen molar-refractivity contribution in [3.05, 3.63) is 114 Å². The first-order chi connectivity index (χ1) is 17.0. The molecule has 35 heavy (non-hydrogen) atoms. The molecule has 0 radical (unpaired) electrons. The van der Waals surface area contributed by atoms with E-state index in [4.69, 9.17) is 0 Å². The molecule has 0 saturated heterocycles. The van der Waals surface area contributed by atoms with Crippen molar-refractivity contribution in [2.75, 3.05) is 11.9 Å². The summed E-state index contributed by atoms with van der Waals surface area (Å²) in [6, 6.07) is 31.7.